The standard InChI is InChI=1S/C21H23BrO6S/c1-26-21(23)16-11-18(27-14-15-5-3-2-4-6-15)13-19(12-16)28-29(24,25)20-9-7-17(22)8-10-20/h2-10,16,18-19H,11-14H2,1H3/t16-,18-,19-/m1/s1. The highest BCUT2D eigenvalue weighted by Gasteiger charge is 2.37. The van der Waals surface area contributed by atoms with Crippen LogP contribution in [0.25, 0.3) is 0 Å². The van der Waals surface area contributed by atoms with Gasteiger partial charge in [-0.3, -0.25) is 8.98 Å². The van der Waals surface area contributed by atoms with Gasteiger partial charge in [0.2, 0.25) is 0 Å². The van der Waals surface area contributed by atoms with Crippen LogP contribution in [0.2, 0.25) is 0 Å². The van der Waals surface area contributed by atoms with Crippen LogP contribution in [0.1, 0.15) is 24.8 Å². The Labute approximate surface area is 179 Å². The molecule has 29 heavy (non-hydrogen) atoms. The summed E-state index contributed by atoms with van der Waals surface area (Å²) in [5, 5.41) is 0. The highest BCUT2D eigenvalue weighted by Crippen LogP contribution is 2.32. The molecule has 0 heterocycles. The molecule has 156 valence electrons. The molecule has 2 aromatic carbocycles. The van der Waals surface area contributed by atoms with Crippen molar-refractivity contribution in [1.82, 2.24) is 0 Å². The molecule has 1 fully saturated rings. The molecule has 0 aliphatic heterocycles. The molecular weight excluding hydrogens is 460 g/mol. The predicted molar refractivity (Wildman–Crippen MR) is 111 cm³/mol. The second kappa shape index (κ2) is 9.84. The molecule has 0 radical (unpaired) electrons. The SMILES string of the molecule is COC(=O)[C@@H]1C[C@@H](OCc2ccccc2)C[C@H](OS(=O)(=O)c2ccc(Br)cc2)C1. The van der Waals surface area contributed by atoms with E-state index in [-0.39, 0.29) is 23.4 Å². The molecule has 1 aliphatic rings. The van der Waals surface area contributed by atoms with Gasteiger partial charge in [0, 0.05) is 10.9 Å². The van der Waals surface area contributed by atoms with E-state index in [0.29, 0.717) is 19.4 Å². The Kier molecular flexibility index (Phi) is 7.45. The fraction of sp³-hybridized carbons (Fsp3) is 0.381. The Morgan fingerprint density at radius 1 is 1.00 bits per heavy atom. The number of ether oxygens (including phenoxy) is 2. The lowest BCUT2D eigenvalue weighted by molar-refractivity contribution is -0.150. The minimum atomic E-state index is -3.95. The smallest absolute Gasteiger partial charge is 0.308 e. The second-order valence-corrected chi connectivity index (χ2v) is 9.46. The van der Waals surface area contributed by atoms with Gasteiger partial charge in [0.25, 0.3) is 10.1 Å². The van der Waals surface area contributed by atoms with Crippen LogP contribution in [0.15, 0.2) is 64.0 Å². The van der Waals surface area contributed by atoms with Crippen molar-refractivity contribution < 1.29 is 26.9 Å². The number of esters is 1. The number of hydrogen-bond acceptors (Lipinski definition) is 6. The normalized spacial score (nSPS) is 22.2. The number of carbonyl (C=O) groups excluding carboxylic acids is 1. The maximum Gasteiger partial charge on any atom is 0.308 e. The van der Waals surface area contributed by atoms with E-state index in [9.17, 15) is 13.2 Å². The van der Waals surface area contributed by atoms with E-state index in [4.69, 9.17) is 13.7 Å². The fourth-order valence-electron chi connectivity index (χ4n) is 3.41. The van der Waals surface area contributed by atoms with Crippen molar-refractivity contribution >= 4 is 32.0 Å². The summed E-state index contributed by atoms with van der Waals surface area (Å²) in [5.74, 6) is -0.854. The van der Waals surface area contributed by atoms with Gasteiger partial charge < -0.3 is 9.47 Å². The lowest BCUT2D eigenvalue weighted by atomic mass is 9.85. The zero-order chi connectivity index (χ0) is 20.9. The van der Waals surface area contributed by atoms with Crippen molar-refractivity contribution in [2.75, 3.05) is 7.11 Å². The monoisotopic (exact) mass is 482 g/mol. The minimum Gasteiger partial charge on any atom is -0.469 e. The number of carbonyl (C=O) groups is 1. The molecule has 0 spiro atoms. The molecule has 1 saturated carbocycles. The van der Waals surface area contributed by atoms with E-state index >= 15 is 0 Å². The van der Waals surface area contributed by atoms with Gasteiger partial charge in [-0.05, 0) is 42.7 Å². The van der Waals surface area contributed by atoms with Crippen LogP contribution in [0.4, 0.5) is 0 Å². The summed E-state index contributed by atoms with van der Waals surface area (Å²) in [4.78, 5) is 12.2. The summed E-state index contributed by atoms with van der Waals surface area (Å²) < 4.78 is 42.4. The minimum absolute atomic E-state index is 0.0719. The first-order valence-corrected chi connectivity index (χ1v) is 11.5. The molecule has 2 aromatic rings. The van der Waals surface area contributed by atoms with Crippen molar-refractivity contribution in [3.05, 3.63) is 64.6 Å². The molecule has 0 amide bonds. The van der Waals surface area contributed by atoms with Crippen molar-refractivity contribution in [3.63, 3.8) is 0 Å². The van der Waals surface area contributed by atoms with E-state index in [1.165, 1.54) is 19.2 Å². The first-order valence-electron chi connectivity index (χ1n) is 9.29. The van der Waals surface area contributed by atoms with Crippen molar-refractivity contribution in [2.24, 2.45) is 5.92 Å². The van der Waals surface area contributed by atoms with Gasteiger partial charge in [-0.25, -0.2) is 0 Å². The lowest BCUT2D eigenvalue weighted by Crippen LogP contribution is -2.37. The Hall–Kier alpha value is -1.74. The molecule has 3 atom stereocenters. The Balaban J connectivity index is 1.70. The molecule has 0 aromatic heterocycles. The topological polar surface area (TPSA) is 78.9 Å². The van der Waals surface area contributed by atoms with E-state index in [1.54, 1.807) is 12.1 Å². The summed E-state index contributed by atoms with van der Waals surface area (Å²) in [6.45, 7) is 0.381. The molecule has 0 unspecified atom stereocenters. The summed E-state index contributed by atoms with van der Waals surface area (Å²) in [6.07, 6.45) is 0.155. The van der Waals surface area contributed by atoms with Crippen LogP contribution in [0, 0.1) is 5.92 Å². The van der Waals surface area contributed by atoms with Gasteiger partial charge >= 0.3 is 5.97 Å². The van der Waals surface area contributed by atoms with Gasteiger partial charge in [-0.2, -0.15) is 8.42 Å². The van der Waals surface area contributed by atoms with Crippen LogP contribution in [0.5, 0.6) is 0 Å². The summed E-state index contributed by atoms with van der Waals surface area (Å²) in [7, 11) is -2.63. The zero-order valence-electron chi connectivity index (χ0n) is 16.0. The largest absolute Gasteiger partial charge is 0.469 e. The molecule has 0 N–H and O–H groups in total. The highest BCUT2D eigenvalue weighted by atomic mass is 79.9. The van der Waals surface area contributed by atoms with Crippen LogP contribution < -0.4 is 0 Å². The third-order valence-electron chi connectivity index (χ3n) is 4.85. The summed E-state index contributed by atoms with van der Waals surface area (Å²) >= 11 is 3.28. The molecule has 1 aliphatic carbocycles. The van der Waals surface area contributed by atoms with Crippen LogP contribution >= 0.6 is 15.9 Å². The molecule has 6 nitrogen and oxygen atoms in total. The van der Waals surface area contributed by atoms with Crippen LogP contribution in [0.3, 0.4) is 0 Å². The van der Waals surface area contributed by atoms with E-state index < -0.39 is 22.1 Å². The summed E-state index contributed by atoms with van der Waals surface area (Å²) in [6, 6.07) is 15.9. The van der Waals surface area contributed by atoms with E-state index in [1.807, 2.05) is 30.3 Å². The quantitative estimate of drug-likeness (QED) is 0.436. The highest BCUT2D eigenvalue weighted by molar-refractivity contribution is 9.10. The first-order chi connectivity index (χ1) is 13.9. The maximum absolute atomic E-state index is 12.6. The number of hydrogen-bond donors (Lipinski definition) is 0. The van der Waals surface area contributed by atoms with Crippen molar-refractivity contribution in [1.29, 1.82) is 0 Å². The lowest BCUT2D eigenvalue weighted by Gasteiger charge is -2.33. The Morgan fingerprint density at radius 2 is 1.66 bits per heavy atom. The van der Waals surface area contributed by atoms with Crippen LogP contribution in [-0.4, -0.2) is 33.7 Å². The third kappa shape index (κ3) is 6.12. The van der Waals surface area contributed by atoms with E-state index in [2.05, 4.69) is 15.9 Å². The van der Waals surface area contributed by atoms with Gasteiger partial charge in [0.05, 0.1) is 36.7 Å². The predicted octanol–water partition coefficient (Wildman–Crippen LogP) is 4.08. The zero-order valence-corrected chi connectivity index (χ0v) is 18.4. The molecule has 8 heteroatoms. The average Bonchev–Trinajstić information content (AvgIpc) is 2.72. The van der Waals surface area contributed by atoms with Gasteiger partial charge in [0.1, 0.15) is 0 Å². The maximum atomic E-state index is 12.6. The fourth-order valence-corrected chi connectivity index (χ4v) is 4.77. The average molecular weight is 483 g/mol. The Bertz CT molecular complexity index is 914. The number of methoxy groups -OCH3 is 1. The number of halogens is 1. The first kappa shape index (κ1) is 22.0. The molecule has 3 rings (SSSR count). The number of benzene rings is 2. The third-order valence-corrected chi connectivity index (χ3v) is 6.75. The van der Waals surface area contributed by atoms with Gasteiger partial charge in [0.15, 0.2) is 0 Å². The van der Waals surface area contributed by atoms with Crippen molar-refractivity contribution in [3.8, 4) is 0 Å². The van der Waals surface area contributed by atoms with Crippen molar-refractivity contribution in [2.45, 2.75) is 43.0 Å². The number of rotatable bonds is 7. The van der Waals surface area contributed by atoms with Gasteiger partial charge in [-0.15, -0.1) is 0 Å². The molecule has 0 bridgehead atoms. The summed E-state index contributed by atoms with van der Waals surface area (Å²) in [5.41, 5.74) is 1.01. The molecule has 0 saturated heterocycles. The van der Waals surface area contributed by atoms with Gasteiger partial charge in [-0.1, -0.05) is 46.3 Å². The Morgan fingerprint density at radius 3 is 2.31 bits per heavy atom. The molecular formula is C21H23BrO6S. The second-order valence-electron chi connectivity index (χ2n) is 6.97. The van der Waals surface area contributed by atoms with Crippen LogP contribution in [-0.2, 0) is 35.2 Å². The van der Waals surface area contributed by atoms with E-state index in [0.717, 1.165) is 10.0 Å².